The molecule has 0 radical (unpaired) electrons. The predicted octanol–water partition coefficient (Wildman–Crippen LogP) is -1.03. The maximum atomic E-state index is 12.0. The summed E-state index contributed by atoms with van der Waals surface area (Å²) >= 11 is 0. The third kappa shape index (κ3) is 0.876. The number of aryl methyl sites for hydroxylation is 2. The molecule has 2 heterocycles. The van der Waals surface area contributed by atoms with Gasteiger partial charge >= 0.3 is 5.69 Å². The van der Waals surface area contributed by atoms with Crippen LogP contribution in [0, 0.1) is 0 Å². The number of fused-ring (bicyclic) bond motifs is 1. The second kappa shape index (κ2) is 2.57. The molecular formula is C8H10N4O2. The van der Waals surface area contributed by atoms with E-state index in [4.69, 9.17) is 6.85 Å². The second-order valence-electron chi connectivity index (χ2n) is 2.74. The summed E-state index contributed by atoms with van der Waals surface area (Å²) in [6, 6.07) is 0. The fraction of sp³-hybridized carbons (Fsp3) is 0.375. The van der Waals surface area contributed by atoms with E-state index in [0.717, 1.165) is 10.9 Å². The molecule has 0 N–H and O–H groups in total. The van der Waals surface area contributed by atoms with Crippen LogP contribution in [-0.4, -0.2) is 18.7 Å². The fourth-order valence-electron chi connectivity index (χ4n) is 1.18. The molecule has 0 aromatic carbocycles. The lowest BCUT2D eigenvalue weighted by molar-refractivity contribution is 0.705. The highest BCUT2D eigenvalue weighted by Crippen LogP contribution is 2.01. The Morgan fingerprint density at radius 2 is 2.21 bits per heavy atom. The normalized spacial score (nSPS) is 17.0. The van der Waals surface area contributed by atoms with Gasteiger partial charge in [0, 0.05) is 27.9 Å². The molecule has 2 aromatic rings. The molecule has 0 aliphatic rings. The van der Waals surface area contributed by atoms with Crippen molar-refractivity contribution in [3.8, 4) is 0 Å². The zero-order valence-electron chi connectivity index (χ0n) is 12.1. The first-order valence-electron chi connectivity index (χ1n) is 6.54. The number of imidazole rings is 1. The molecule has 0 aliphatic heterocycles. The Balaban J connectivity index is 3.09. The number of rotatable bonds is 0. The quantitative estimate of drug-likeness (QED) is 0.545. The van der Waals surface area contributed by atoms with Crippen LogP contribution >= 0.6 is 0 Å². The molecular weight excluding hydrogens is 184 g/mol. The average Bonchev–Trinajstić information content (AvgIpc) is 2.71. The Morgan fingerprint density at radius 1 is 1.36 bits per heavy atom. The van der Waals surface area contributed by atoms with E-state index >= 15 is 0 Å². The number of hydrogen-bond acceptors (Lipinski definition) is 3. The van der Waals surface area contributed by atoms with Crippen LogP contribution < -0.4 is 11.2 Å². The summed E-state index contributed by atoms with van der Waals surface area (Å²) in [4.78, 5) is 27.7. The molecule has 14 heavy (non-hydrogen) atoms. The largest absolute Gasteiger partial charge is 0.332 e. The van der Waals surface area contributed by atoms with Crippen LogP contribution in [0.1, 0.15) is 6.85 Å². The van der Waals surface area contributed by atoms with Gasteiger partial charge in [0.15, 0.2) is 11.2 Å². The molecule has 6 nitrogen and oxygen atoms in total. The molecule has 2 aromatic heterocycles. The van der Waals surface area contributed by atoms with Crippen molar-refractivity contribution in [2.24, 2.45) is 21.0 Å². The van der Waals surface area contributed by atoms with Crippen molar-refractivity contribution >= 4 is 11.2 Å². The van der Waals surface area contributed by atoms with Crippen LogP contribution in [0.5, 0.6) is 0 Å². The van der Waals surface area contributed by atoms with E-state index in [-0.39, 0.29) is 18.2 Å². The number of aromatic nitrogens is 4. The molecule has 0 amide bonds. The van der Waals surface area contributed by atoms with Gasteiger partial charge in [0.25, 0.3) is 5.56 Å². The van der Waals surface area contributed by atoms with E-state index in [0.29, 0.717) is 9.13 Å². The SMILES string of the molecule is [2H]Cn1c(=O)c2c(ncn2C[2H])n(C([2H])([2H])[2H])c1=O. The summed E-state index contributed by atoms with van der Waals surface area (Å²) in [5, 5.41) is 0. The lowest BCUT2D eigenvalue weighted by atomic mass is 10.5. The van der Waals surface area contributed by atoms with E-state index in [9.17, 15) is 9.59 Å². The van der Waals surface area contributed by atoms with E-state index < -0.39 is 25.2 Å². The third-order valence-corrected chi connectivity index (χ3v) is 1.90. The second-order valence-corrected chi connectivity index (χ2v) is 2.74. The van der Waals surface area contributed by atoms with Crippen LogP contribution in [0.2, 0.25) is 0 Å². The summed E-state index contributed by atoms with van der Waals surface area (Å²) in [7, 11) is -1.05. The van der Waals surface area contributed by atoms with Gasteiger partial charge in [0.1, 0.15) is 0 Å². The zero-order valence-corrected chi connectivity index (χ0v) is 7.10. The Kier molecular flexibility index (Phi) is 0.841. The molecule has 0 spiro atoms. The van der Waals surface area contributed by atoms with Gasteiger partial charge in [-0.3, -0.25) is 13.9 Å². The van der Waals surface area contributed by atoms with Crippen LogP contribution in [0.25, 0.3) is 11.2 Å². The Bertz CT molecular complexity index is 740. The lowest BCUT2D eigenvalue weighted by Crippen LogP contribution is -2.37. The van der Waals surface area contributed by atoms with Crippen LogP contribution in [0.15, 0.2) is 15.9 Å². The topological polar surface area (TPSA) is 61.8 Å². The monoisotopic (exact) mass is 199 g/mol. The molecule has 0 unspecified atom stereocenters. The molecule has 0 bridgehead atoms. The van der Waals surface area contributed by atoms with Gasteiger partial charge in [0.2, 0.25) is 0 Å². The first kappa shape index (κ1) is 4.59. The number of nitrogens with zero attached hydrogens (tertiary/aromatic N) is 4. The lowest BCUT2D eigenvalue weighted by Gasteiger charge is -2.02. The smallest absolute Gasteiger partial charge is 0.328 e. The van der Waals surface area contributed by atoms with Crippen LogP contribution in [0.4, 0.5) is 0 Å². The Hall–Kier alpha value is -1.85. The highest BCUT2D eigenvalue weighted by molar-refractivity contribution is 5.69. The summed E-state index contributed by atoms with van der Waals surface area (Å²) in [5.41, 5.74) is -2.40. The van der Waals surface area contributed by atoms with Crippen LogP contribution in [0.3, 0.4) is 0 Å². The predicted molar refractivity (Wildman–Crippen MR) is 51.2 cm³/mol. The van der Waals surface area contributed by atoms with Crippen molar-refractivity contribution < 1.29 is 6.85 Å². The van der Waals surface area contributed by atoms with Gasteiger partial charge in [-0.05, 0) is 0 Å². The molecule has 0 saturated carbocycles. The van der Waals surface area contributed by atoms with E-state index in [1.54, 1.807) is 0 Å². The van der Waals surface area contributed by atoms with Gasteiger partial charge in [0.05, 0.1) is 6.33 Å². The molecule has 0 aliphatic carbocycles. The zero-order chi connectivity index (χ0) is 14.4. The summed E-state index contributed by atoms with van der Waals surface area (Å²) in [6.07, 6.45) is 1.12. The van der Waals surface area contributed by atoms with Crippen molar-refractivity contribution in [3.63, 3.8) is 0 Å². The van der Waals surface area contributed by atoms with Crippen molar-refractivity contribution in [3.05, 3.63) is 27.2 Å². The van der Waals surface area contributed by atoms with Crippen molar-refractivity contribution in [2.75, 3.05) is 0 Å². The minimum Gasteiger partial charge on any atom is -0.328 e. The Labute approximate surface area is 86.1 Å². The summed E-state index contributed by atoms with van der Waals surface area (Å²) in [6.45, 7) is -2.82. The van der Waals surface area contributed by atoms with E-state index in [2.05, 4.69) is 4.98 Å². The molecule has 74 valence electrons. The van der Waals surface area contributed by atoms with Crippen LogP contribution in [-0.2, 0) is 21.0 Å². The Morgan fingerprint density at radius 3 is 2.86 bits per heavy atom. The fourth-order valence-corrected chi connectivity index (χ4v) is 1.18. The van der Waals surface area contributed by atoms with E-state index in [1.165, 1.54) is 0 Å². The molecule has 0 atom stereocenters. The van der Waals surface area contributed by atoms with Gasteiger partial charge in [-0.15, -0.1) is 0 Å². The highest BCUT2D eigenvalue weighted by Gasteiger charge is 2.11. The average molecular weight is 199 g/mol. The maximum absolute atomic E-state index is 12.0. The number of hydrogen-bond donors (Lipinski definition) is 0. The maximum Gasteiger partial charge on any atom is 0.332 e. The van der Waals surface area contributed by atoms with Gasteiger partial charge < -0.3 is 4.57 Å². The van der Waals surface area contributed by atoms with E-state index in [1.807, 2.05) is 0 Å². The molecule has 6 heteroatoms. The highest BCUT2D eigenvalue weighted by atomic mass is 16.2. The third-order valence-electron chi connectivity index (χ3n) is 1.90. The summed E-state index contributed by atoms with van der Waals surface area (Å²) in [5.74, 6) is 0. The minimum absolute atomic E-state index is 0.169. The van der Waals surface area contributed by atoms with Crippen molar-refractivity contribution in [1.29, 1.82) is 0 Å². The van der Waals surface area contributed by atoms with Gasteiger partial charge in [-0.25, -0.2) is 9.78 Å². The first-order chi connectivity index (χ1) is 8.82. The first-order valence-corrected chi connectivity index (χ1v) is 3.62. The molecule has 0 fully saturated rings. The standard InChI is InChI=1S/C8H10N4O2/c1-10-4-9-6-5(10)7(13)12(3)8(14)11(6)2/h4H,1-3H3/i1D,2D3,3D. The molecule has 0 saturated heterocycles. The van der Waals surface area contributed by atoms with Gasteiger partial charge in [-0.1, -0.05) is 0 Å². The minimum atomic E-state index is -2.82. The molecule has 2 rings (SSSR count). The van der Waals surface area contributed by atoms with Gasteiger partial charge in [-0.2, -0.15) is 0 Å². The summed E-state index contributed by atoms with van der Waals surface area (Å²) < 4.78 is 38.4. The van der Waals surface area contributed by atoms with Crippen molar-refractivity contribution in [1.82, 2.24) is 18.7 Å². The van der Waals surface area contributed by atoms with Crippen molar-refractivity contribution in [2.45, 2.75) is 0 Å².